The first-order valence-corrected chi connectivity index (χ1v) is 4.07. The number of rotatable bonds is 1. The van der Waals surface area contributed by atoms with Crippen molar-refractivity contribution >= 4 is 0 Å². The Bertz CT molecular complexity index is 111. The molecule has 0 aromatic rings. The lowest BCUT2D eigenvalue weighted by Gasteiger charge is -2.25. The van der Waals surface area contributed by atoms with E-state index in [0.29, 0.717) is 6.04 Å². The summed E-state index contributed by atoms with van der Waals surface area (Å²) in [4.78, 5) is 0. The van der Waals surface area contributed by atoms with Crippen molar-refractivity contribution in [3.8, 4) is 12.8 Å². The fourth-order valence-corrected chi connectivity index (χ4v) is 1.29. The average molecular weight is 155 g/mol. The largest absolute Gasteiger partial charge is 0.393 e. The molecule has 1 aliphatic rings. The van der Waals surface area contributed by atoms with Crippen LogP contribution in [-0.2, 0) is 0 Å². The van der Waals surface area contributed by atoms with Gasteiger partial charge in [-0.1, -0.05) is 6.92 Å². The van der Waals surface area contributed by atoms with Crippen LogP contribution in [0.4, 0.5) is 0 Å². The first kappa shape index (κ1) is 10.5. The zero-order chi connectivity index (χ0) is 8.69. The van der Waals surface area contributed by atoms with Crippen LogP contribution in [0.3, 0.4) is 0 Å². The highest BCUT2D eigenvalue weighted by molar-refractivity contribution is 4.75. The lowest BCUT2D eigenvalue weighted by Crippen LogP contribution is -2.39. The summed E-state index contributed by atoms with van der Waals surface area (Å²) >= 11 is 0. The summed E-state index contributed by atoms with van der Waals surface area (Å²) in [5.74, 6) is 0. The second kappa shape index (κ2) is 6.21. The predicted molar refractivity (Wildman–Crippen MR) is 47.2 cm³/mol. The van der Waals surface area contributed by atoms with E-state index in [1.807, 2.05) is 0 Å². The van der Waals surface area contributed by atoms with Gasteiger partial charge in [-0.05, 0) is 25.8 Å². The van der Waals surface area contributed by atoms with Crippen molar-refractivity contribution < 1.29 is 5.11 Å². The molecule has 1 rings (SSSR count). The van der Waals surface area contributed by atoms with Crippen LogP contribution in [-0.4, -0.2) is 23.8 Å². The van der Waals surface area contributed by atoms with Gasteiger partial charge in [0.1, 0.15) is 0 Å². The number of hydrogen-bond acceptors (Lipinski definition) is 2. The summed E-state index contributed by atoms with van der Waals surface area (Å²) in [5.41, 5.74) is 0. The molecule has 0 aromatic carbocycles. The number of terminal acetylenes is 1. The Morgan fingerprint density at radius 1 is 1.55 bits per heavy atom. The number of hydrogen-bond donors (Lipinski definition) is 2. The molecule has 2 nitrogen and oxygen atoms in total. The number of nitrogens with one attached hydrogen (secondary N) is 1. The highest BCUT2D eigenvalue weighted by Gasteiger charge is 2.16. The molecule has 64 valence electrons. The van der Waals surface area contributed by atoms with Gasteiger partial charge in [0.25, 0.3) is 0 Å². The van der Waals surface area contributed by atoms with E-state index in [4.69, 9.17) is 0 Å². The Kier molecular flexibility index (Phi) is 5.91. The van der Waals surface area contributed by atoms with Crippen LogP contribution in [0.1, 0.15) is 26.2 Å². The molecule has 0 aromatic heterocycles. The summed E-state index contributed by atoms with van der Waals surface area (Å²) in [6, 6.07) is 0.564. The maximum atomic E-state index is 9.17. The molecule has 11 heavy (non-hydrogen) atoms. The first-order chi connectivity index (χ1) is 5.33. The van der Waals surface area contributed by atoms with Crippen molar-refractivity contribution in [1.29, 1.82) is 0 Å². The minimum atomic E-state index is -0.0452. The molecule has 0 bridgehead atoms. The van der Waals surface area contributed by atoms with Crippen molar-refractivity contribution in [3.63, 3.8) is 0 Å². The smallest absolute Gasteiger partial charge is 0.0567 e. The monoisotopic (exact) mass is 155 g/mol. The maximum absolute atomic E-state index is 9.17. The number of aliphatic hydroxyl groups excluding tert-OH is 1. The molecule has 1 heterocycles. The highest BCUT2D eigenvalue weighted by atomic mass is 16.3. The Hall–Kier alpha value is -0.520. The molecule has 0 spiro atoms. The van der Waals surface area contributed by atoms with Crippen molar-refractivity contribution in [2.75, 3.05) is 6.54 Å². The van der Waals surface area contributed by atoms with E-state index in [2.05, 4.69) is 25.1 Å². The van der Waals surface area contributed by atoms with Gasteiger partial charge in [-0.2, -0.15) is 0 Å². The van der Waals surface area contributed by atoms with Crippen LogP contribution >= 0.6 is 0 Å². The summed E-state index contributed by atoms with van der Waals surface area (Å²) < 4.78 is 0. The molecule has 0 radical (unpaired) electrons. The summed E-state index contributed by atoms with van der Waals surface area (Å²) in [6.07, 6.45) is 11.0. The molecule has 2 heteroatoms. The van der Waals surface area contributed by atoms with E-state index in [1.165, 1.54) is 0 Å². The topological polar surface area (TPSA) is 32.3 Å². The van der Waals surface area contributed by atoms with Crippen LogP contribution < -0.4 is 5.32 Å². The van der Waals surface area contributed by atoms with Crippen molar-refractivity contribution in [2.45, 2.75) is 38.3 Å². The van der Waals surface area contributed by atoms with Crippen molar-refractivity contribution in [3.05, 3.63) is 0 Å². The van der Waals surface area contributed by atoms with Crippen LogP contribution in [0, 0.1) is 12.8 Å². The minimum Gasteiger partial charge on any atom is -0.393 e. The zero-order valence-corrected chi connectivity index (χ0v) is 7.09. The Morgan fingerprint density at radius 3 is 2.55 bits per heavy atom. The second-order valence-corrected chi connectivity index (χ2v) is 2.74. The molecule has 2 atom stereocenters. The third-order valence-electron chi connectivity index (χ3n) is 1.96. The van der Waals surface area contributed by atoms with Gasteiger partial charge < -0.3 is 10.4 Å². The molecule has 1 aliphatic heterocycles. The summed E-state index contributed by atoms with van der Waals surface area (Å²) in [7, 11) is 0. The van der Waals surface area contributed by atoms with Gasteiger partial charge in [0.15, 0.2) is 0 Å². The van der Waals surface area contributed by atoms with Gasteiger partial charge in [-0.25, -0.2) is 0 Å². The molecule has 1 saturated heterocycles. The van der Waals surface area contributed by atoms with E-state index in [-0.39, 0.29) is 6.10 Å². The molecule has 0 unspecified atom stereocenters. The van der Waals surface area contributed by atoms with E-state index < -0.39 is 0 Å². The molecule has 1 fully saturated rings. The van der Waals surface area contributed by atoms with Gasteiger partial charge in [0.05, 0.1) is 6.10 Å². The van der Waals surface area contributed by atoms with Gasteiger partial charge in [-0.3, -0.25) is 0 Å². The standard InChI is InChI=1S/C7H15NO.C2H2/c1-2-6-5-7(9)3-4-8-6;1-2/h6-9H,2-5H2,1H3;1-2H/t6-,7-;/m1./s1. The Balaban J connectivity index is 0.000000461. The maximum Gasteiger partial charge on any atom is 0.0567 e. The molecule has 0 amide bonds. The van der Waals surface area contributed by atoms with E-state index in [9.17, 15) is 5.11 Å². The van der Waals surface area contributed by atoms with Crippen molar-refractivity contribution in [1.82, 2.24) is 5.32 Å². The zero-order valence-electron chi connectivity index (χ0n) is 7.09. The Morgan fingerprint density at radius 2 is 2.18 bits per heavy atom. The van der Waals surface area contributed by atoms with Gasteiger partial charge in [-0.15, -0.1) is 12.8 Å². The fraction of sp³-hybridized carbons (Fsp3) is 0.778. The van der Waals surface area contributed by atoms with Crippen molar-refractivity contribution in [2.24, 2.45) is 0 Å². The summed E-state index contributed by atoms with van der Waals surface area (Å²) in [6.45, 7) is 3.13. The van der Waals surface area contributed by atoms with Gasteiger partial charge >= 0.3 is 0 Å². The van der Waals surface area contributed by atoms with Crippen LogP contribution in [0.2, 0.25) is 0 Å². The molecular weight excluding hydrogens is 138 g/mol. The van der Waals surface area contributed by atoms with E-state index in [1.54, 1.807) is 0 Å². The third-order valence-corrected chi connectivity index (χ3v) is 1.96. The third kappa shape index (κ3) is 4.02. The van der Waals surface area contributed by atoms with Crippen LogP contribution in [0.15, 0.2) is 0 Å². The molecular formula is C9H17NO. The van der Waals surface area contributed by atoms with Gasteiger partial charge in [0.2, 0.25) is 0 Å². The van der Waals surface area contributed by atoms with Crippen LogP contribution in [0.5, 0.6) is 0 Å². The number of piperidine rings is 1. The molecule has 2 N–H and O–H groups in total. The van der Waals surface area contributed by atoms with Gasteiger partial charge in [0, 0.05) is 6.04 Å². The summed E-state index contributed by atoms with van der Waals surface area (Å²) in [5, 5.41) is 12.5. The predicted octanol–water partition coefficient (Wildman–Crippen LogP) is 0.759. The van der Waals surface area contributed by atoms with E-state index >= 15 is 0 Å². The molecule has 0 aliphatic carbocycles. The SMILES string of the molecule is C#C.CC[C@@H]1C[C@H](O)CCN1. The average Bonchev–Trinajstić information content (AvgIpc) is 2.08. The number of aliphatic hydroxyl groups is 1. The lowest BCUT2D eigenvalue weighted by molar-refractivity contribution is 0.115. The normalized spacial score (nSPS) is 30.2. The minimum absolute atomic E-state index is 0.0452. The Labute approximate surface area is 69.0 Å². The highest BCUT2D eigenvalue weighted by Crippen LogP contribution is 2.09. The quantitative estimate of drug-likeness (QED) is 0.548. The lowest BCUT2D eigenvalue weighted by atomic mass is 10.0. The second-order valence-electron chi connectivity index (χ2n) is 2.74. The van der Waals surface area contributed by atoms with E-state index in [0.717, 1.165) is 25.8 Å². The molecule has 0 saturated carbocycles. The fourth-order valence-electron chi connectivity index (χ4n) is 1.29. The first-order valence-electron chi connectivity index (χ1n) is 4.07. The van der Waals surface area contributed by atoms with Crippen LogP contribution in [0.25, 0.3) is 0 Å².